The summed E-state index contributed by atoms with van der Waals surface area (Å²) in [6, 6.07) is 3.66. The Morgan fingerprint density at radius 2 is 2.29 bits per heavy atom. The van der Waals surface area contributed by atoms with Crippen LogP contribution in [0.2, 0.25) is 0 Å². The summed E-state index contributed by atoms with van der Waals surface area (Å²) >= 11 is 0. The Morgan fingerprint density at radius 1 is 1.50 bits per heavy atom. The van der Waals surface area contributed by atoms with Gasteiger partial charge >= 0.3 is 0 Å². The van der Waals surface area contributed by atoms with Crippen molar-refractivity contribution >= 4 is 5.78 Å². The summed E-state index contributed by atoms with van der Waals surface area (Å²) in [5.74, 6) is 1.49. The number of aryl methyl sites for hydroxylation is 1. The Morgan fingerprint density at radius 3 is 2.93 bits per heavy atom. The van der Waals surface area contributed by atoms with Crippen LogP contribution in [0.1, 0.15) is 22.8 Å². The van der Waals surface area contributed by atoms with Crippen LogP contribution in [-0.4, -0.2) is 19.5 Å². The van der Waals surface area contributed by atoms with Crippen molar-refractivity contribution in [3.63, 3.8) is 0 Å². The molecule has 0 saturated heterocycles. The van der Waals surface area contributed by atoms with E-state index in [-0.39, 0.29) is 12.4 Å². The third kappa shape index (κ3) is 1.25. The Hall–Kier alpha value is -1.51. The topological polar surface area (TPSA) is 35.5 Å². The molecule has 1 heterocycles. The number of ether oxygens (including phenoxy) is 2. The number of rotatable bonds is 2. The molecule has 0 saturated carbocycles. The minimum Gasteiger partial charge on any atom is -0.496 e. The van der Waals surface area contributed by atoms with Gasteiger partial charge < -0.3 is 9.47 Å². The van der Waals surface area contributed by atoms with Gasteiger partial charge in [-0.2, -0.15) is 0 Å². The zero-order valence-corrected chi connectivity index (χ0v) is 8.29. The zero-order chi connectivity index (χ0) is 10.1. The number of carbonyl (C=O) groups excluding carboxylic acids is 1. The molecular formula is C11H12O3. The molecule has 1 aliphatic rings. The molecule has 3 nitrogen and oxygen atoms in total. The van der Waals surface area contributed by atoms with E-state index in [9.17, 15) is 4.79 Å². The highest BCUT2D eigenvalue weighted by Gasteiger charge is 2.23. The van der Waals surface area contributed by atoms with Crippen molar-refractivity contribution in [2.45, 2.75) is 13.3 Å². The quantitative estimate of drug-likeness (QED) is 0.717. The predicted octanol–water partition coefficient (Wildman–Crippen LogP) is 1.83. The lowest BCUT2D eigenvalue weighted by Gasteiger charge is -2.08. The average molecular weight is 192 g/mol. The fourth-order valence-corrected chi connectivity index (χ4v) is 1.63. The van der Waals surface area contributed by atoms with Crippen molar-refractivity contribution in [3.05, 3.63) is 23.3 Å². The smallest absolute Gasteiger partial charge is 0.203 e. The van der Waals surface area contributed by atoms with E-state index in [1.54, 1.807) is 13.2 Å². The molecule has 1 aromatic rings. The highest BCUT2D eigenvalue weighted by molar-refractivity contribution is 6.02. The molecule has 0 fully saturated rings. The third-order valence-corrected chi connectivity index (χ3v) is 2.42. The normalized spacial score (nSPS) is 13.7. The molecule has 0 bridgehead atoms. The van der Waals surface area contributed by atoms with Crippen molar-refractivity contribution in [1.82, 2.24) is 0 Å². The van der Waals surface area contributed by atoms with Gasteiger partial charge in [0.1, 0.15) is 11.5 Å². The molecule has 3 heteroatoms. The molecule has 1 aromatic carbocycles. The summed E-state index contributed by atoms with van der Waals surface area (Å²) in [5, 5.41) is 0. The number of fused-ring (bicyclic) bond motifs is 1. The van der Waals surface area contributed by atoms with E-state index in [0.29, 0.717) is 11.3 Å². The number of methoxy groups -OCH3 is 1. The molecule has 14 heavy (non-hydrogen) atoms. The number of ketones is 1. The summed E-state index contributed by atoms with van der Waals surface area (Å²) in [6.07, 6.45) is 0.851. The first-order valence-electron chi connectivity index (χ1n) is 4.63. The van der Waals surface area contributed by atoms with Crippen LogP contribution in [0.3, 0.4) is 0 Å². The number of carbonyl (C=O) groups is 1. The van der Waals surface area contributed by atoms with Crippen LogP contribution in [-0.2, 0) is 6.42 Å². The maximum absolute atomic E-state index is 11.4. The first-order valence-corrected chi connectivity index (χ1v) is 4.63. The fraction of sp³-hybridized carbons (Fsp3) is 0.364. The Kier molecular flexibility index (Phi) is 2.15. The van der Waals surface area contributed by atoms with E-state index >= 15 is 0 Å². The van der Waals surface area contributed by atoms with Crippen LogP contribution in [0.25, 0.3) is 0 Å². The number of hydrogen-bond donors (Lipinski definition) is 0. The van der Waals surface area contributed by atoms with Crippen LogP contribution in [0.5, 0.6) is 11.5 Å². The monoisotopic (exact) mass is 192 g/mol. The highest BCUT2D eigenvalue weighted by Crippen LogP contribution is 2.32. The molecule has 0 aromatic heterocycles. The van der Waals surface area contributed by atoms with Crippen LogP contribution in [0, 0.1) is 0 Å². The van der Waals surface area contributed by atoms with E-state index in [1.807, 2.05) is 13.0 Å². The fourth-order valence-electron chi connectivity index (χ4n) is 1.63. The van der Waals surface area contributed by atoms with Crippen molar-refractivity contribution < 1.29 is 14.3 Å². The van der Waals surface area contributed by atoms with Crippen molar-refractivity contribution in [1.29, 1.82) is 0 Å². The lowest BCUT2D eigenvalue weighted by molar-refractivity contribution is 0.0961. The number of benzene rings is 1. The lowest BCUT2D eigenvalue weighted by atomic mass is 10.1. The Bertz CT molecular complexity index is 382. The van der Waals surface area contributed by atoms with Gasteiger partial charge in [-0.1, -0.05) is 6.92 Å². The average Bonchev–Trinajstić information content (AvgIpc) is 2.58. The number of Topliss-reactive ketones (excluding diaryl/α,β-unsaturated/α-hetero) is 1. The first-order chi connectivity index (χ1) is 6.76. The summed E-state index contributed by atoms with van der Waals surface area (Å²) in [7, 11) is 1.62. The Labute approximate surface area is 82.6 Å². The van der Waals surface area contributed by atoms with Gasteiger partial charge in [0.25, 0.3) is 0 Å². The minimum atomic E-state index is 0.0531. The van der Waals surface area contributed by atoms with Crippen LogP contribution < -0.4 is 9.47 Å². The molecule has 0 spiro atoms. The van der Waals surface area contributed by atoms with Crippen LogP contribution in [0.15, 0.2) is 12.1 Å². The van der Waals surface area contributed by atoms with Gasteiger partial charge in [-0.3, -0.25) is 4.79 Å². The molecule has 0 atom stereocenters. The molecule has 0 aliphatic carbocycles. The molecule has 0 radical (unpaired) electrons. The predicted molar refractivity (Wildman–Crippen MR) is 52.2 cm³/mol. The second kappa shape index (κ2) is 3.33. The van der Waals surface area contributed by atoms with Crippen LogP contribution in [0.4, 0.5) is 0 Å². The van der Waals surface area contributed by atoms with E-state index in [2.05, 4.69) is 0 Å². The summed E-state index contributed by atoms with van der Waals surface area (Å²) in [6.45, 7) is 2.19. The molecule has 0 amide bonds. The standard InChI is InChI=1S/C11H12O3/c1-3-7-4-8-9(12)6-14-11(8)5-10(7)13-2/h4-5H,3,6H2,1-2H3. The van der Waals surface area contributed by atoms with Crippen molar-refractivity contribution in [3.8, 4) is 11.5 Å². The van der Waals surface area contributed by atoms with E-state index < -0.39 is 0 Å². The Balaban J connectivity index is 2.54. The maximum atomic E-state index is 11.4. The SMILES string of the molecule is CCc1cc2c(cc1OC)OCC2=O. The van der Waals surface area contributed by atoms with E-state index in [1.165, 1.54) is 0 Å². The highest BCUT2D eigenvalue weighted by atomic mass is 16.5. The van der Waals surface area contributed by atoms with Crippen LogP contribution >= 0.6 is 0 Å². The maximum Gasteiger partial charge on any atom is 0.203 e. The molecule has 1 aliphatic heterocycles. The molecule has 2 rings (SSSR count). The second-order valence-corrected chi connectivity index (χ2v) is 3.23. The molecular weight excluding hydrogens is 180 g/mol. The third-order valence-electron chi connectivity index (χ3n) is 2.42. The zero-order valence-electron chi connectivity index (χ0n) is 8.29. The largest absolute Gasteiger partial charge is 0.496 e. The van der Waals surface area contributed by atoms with Crippen molar-refractivity contribution in [2.75, 3.05) is 13.7 Å². The van der Waals surface area contributed by atoms with Gasteiger partial charge in [-0.25, -0.2) is 0 Å². The van der Waals surface area contributed by atoms with Gasteiger partial charge in [0.2, 0.25) is 5.78 Å². The first kappa shape index (κ1) is 9.06. The number of hydrogen-bond acceptors (Lipinski definition) is 3. The van der Waals surface area contributed by atoms with Gasteiger partial charge in [-0.15, -0.1) is 0 Å². The molecule has 0 unspecified atom stereocenters. The summed E-state index contributed by atoms with van der Waals surface area (Å²) in [5.41, 5.74) is 1.73. The van der Waals surface area contributed by atoms with Gasteiger partial charge in [0, 0.05) is 6.07 Å². The summed E-state index contributed by atoms with van der Waals surface area (Å²) < 4.78 is 10.4. The van der Waals surface area contributed by atoms with Gasteiger partial charge in [0.15, 0.2) is 6.61 Å². The second-order valence-electron chi connectivity index (χ2n) is 3.23. The lowest BCUT2D eigenvalue weighted by Crippen LogP contribution is -1.99. The van der Waals surface area contributed by atoms with E-state index in [4.69, 9.17) is 9.47 Å². The van der Waals surface area contributed by atoms with Gasteiger partial charge in [0.05, 0.1) is 12.7 Å². The van der Waals surface area contributed by atoms with Crippen molar-refractivity contribution in [2.24, 2.45) is 0 Å². The van der Waals surface area contributed by atoms with Gasteiger partial charge in [-0.05, 0) is 18.1 Å². The molecule has 74 valence electrons. The summed E-state index contributed by atoms with van der Waals surface area (Å²) in [4.78, 5) is 11.4. The molecule has 0 N–H and O–H groups in total. The van der Waals surface area contributed by atoms with E-state index in [0.717, 1.165) is 17.7 Å². The minimum absolute atomic E-state index is 0.0531.